The first kappa shape index (κ1) is 21.2. The van der Waals surface area contributed by atoms with Crippen molar-refractivity contribution in [3.05, 3.63) is 35.4 Å². The van der Waals surface area contributed by atoms with E-state index in [1.807, 2.05) is 12.1 Å². The molecule has 164 valence electrons. The van der Waals surface area contributed by atoms with Gasteiger partial charge in [-0.25, -0.2) is 0 Å². The van der Waals surface area contributed by atoms with E-state index in [2.05, 4.69) is 31.3 Å². The Morgan fingerprint density at radius 2 is 2.03 bits per heavy atom. The molecule has 5 heteroatoms. The van der Waals surface area contributed by atoms with Crippen LogP contribution in [0.2, 0.25) is 0 Å². The lowest BCUT2D eigenvalue weighted by Crippen LogP contribution is -2.86. The van der Waals surface area contributed by atoms with E-state index in [0.717, 1.165) is 37.4 Å². The zero-order valence-electron chi connectivity index (χ0n) is 18.8. The van der Waals surface area contributed by atoms with E-state index in [4.69, 9.17) is 14.2 Å². The van der Waals surface area contributed by atoms with Crippen LogP contribution in [0.4, 0.5) is 0 Å². The molecule has 1 aliphatic heterocycles. The van der Waals surface area contributed by atoms with Gasteiger partial charge in [-0.05, 0) is 48.3 Å². The van der Waals surface area contributed by atoms with Crippen LogP contribution in [0, 0.1) is 23.2 Å². The van der Waals surface area contributed by atoms with Gasteiger partial charge in [0.25, 0.3) is 0 Å². The van der Waals surface area contributed by atoms with Crippen LogP contribution in [0.15, 0.2) is 29.8 Å². The molecule has 1 saturated heterocycles. The Morgan fingerprint density at radius 1 is 1.23 bits per heavy atom. The molecule has 0 bridgehead atoms. The summed E-state index contributed by atoms with van der Waals surface area (Å²) in [5.41, 5.74) is 3.02. The Balaban J connectivity index is 1.36. The van der Waals surface area contributed by atoms with Crippen molar-refractivity contribution in [2.75, 3.05) is 27.3 Å². The fourth-order valence-corrected chi connectivity index (χ4v) is 5.92. The van der Waals surface area contributed by atoms with Crippen molar-refractivity contribution in [2.24, 2.45) is 23.2 Å². The second-order valence-electron chi connectivity index (χ2n) is 9.59. The molecule has 1 saturated carbocycles. The molecule has 2 fully saturated rings. The quantitative estimate of drug-likeness (QED) is 0.423. The third-order valence-corrected chi connectivity index (χ3v) is 7.59. The van der Waals surface area contributed by atoms with E-state index in [1.165, 1.54) is 24.8 Å². The number of esters is 1. The summed E-state index contributed by atoms with van der Waals surface area (Å²) in [7, 11) is 3.31. The molecule has 3 aliphatic rings. The van der Waals surface area contributed by atoms with E-state index >= 15 is 0 Å². The van der Waals surface area contributed by atoms with Gasteiger partial charge in [0, 0.05) is 12.3 Å². The smallest absolute Gasteiger partial charge is 0.315 e. The van der Waals surface area contributed by atoms with Crippen molar-refractivity contribution >= 4 is 5.97 Å². The molecule has 1 aromatic rings. The number of methoxy groups -OCH3 is 2. The lowest BCUT2D eigenvalue weighted by Gasteiger charge is -2.45. The number of allylic oxidation sites excluding steroid dienone is 1. The number of benzene rings is 1. The summed E-state index contributed by atoms with van der Waals surface area (Å²) >= 11 is 0. The predicted molar refractivity (Wildman–Crippen MR) is 116 cm³/mol. The van der Waals surface area contributed by atoms with Gasteiger partial charge >= 0.3 is 5.97 Å². The molecule has 0 unspecified atom stereocenters. The van der Waals surface area contributed by atoms with E-state index in [1.54, 1.807) is 19.8 Å². The van der Waals surface area contributed by atoms with Crippen LogP contribution < -0.4 is 14.8 Å². The van der Waals surface area contributed by atoms with Gasteiger partial charge in [-0.2, -0.15) is 0 Å². The summed E-state index contributed by atoms with van der Waals surface area (Å²) in [6, 6.07) is 6.05. The van der Waals surface area contributed by atoms with Crippen molar-refractivity contribution < 1.29 is 24.3 Å². The maximum absolute atomic E-state index is 12.6. The Kier molecular flexibility index (Phi) is 6.10. The molecule has 5 atom stereocenters. The molecule has 0 radical (unpaired) electrons. The van der Waals surface area contributed by atoms with Crippen LogP contribution in [-0.4, -0.2) is 39.4 Å². The summed E-state index contributed by atoms with van der Waals surface area (Å²) in [6.07, 6.45) is 8.22. The molecule has 0 aromatic heterocycles. The van der Waals surface area contributed by atoms with Crippen molar-refractivity contribution in [1.29, 1.82) is 0 Å². The average Bonchev–Trinajstić information content (AvgIpc) is 3.03. The Hall–Kier alpha value is -2.01. The first-order valence-corrected chi connectivity index (χ1v) is 11.4. The Morgan fingerprint density at radius 3 is 2.80 bits per heavy atom. The topological polar surface area (TPSA) is 61.4 Å². The third-order valence-electron chi connectivity index (χ3n) is 7.59. The summed E-state index contributed by atoms with van der Waals surface area (Å²) < 4.78 is 16.6. The minimum absolute atomic E-state index is 0.000818. The maximum atomic E-state index is 12.6. The third kappa shape index (κ3) is 3.96. The van der Waals surface area contributed by atoms with Gasteiger partial charge < -0.3 is 19.5 Å². The molecule has 5 nitrogen and oxygen atoms in total. The van der Waals surface area contributed by atoms with Crippen molar-refractivity contribution in [3.8, 4) is 11.5 Å². The number of carbonyl (C=O) groups excluding carboxylic acids is 1. The fourth-order valence-electron chi connectivity index (χ4n) is 5.92. The maximum Gasteiger partial charge on any atom is 0.315 e. The molecule has 1 heterocycles. The summed E-state index contributed by atoms with van der Waals surface area (Å²) in [6.45, 7) is 6.45. The van der Waals surface area contributed by atoms with Crippen LogP contribution in [0.5, 0.6) is 11.5 Å². The van der Waals surface area contributed by atoms with E-state index < -0.39 is 0 Å². The standard InChI is InChI=1S/C25H35NO4/c1-16-6-5-10-25(2)14-23-18(13-20(16)25)19(24(27)30-23)15-26-11-9-17-7-8-21(28-3)22(12-17)29-4/h7-8,12-13,16,18-19,23,26H,5-6,9-11,14-15H2,1-4H3/p+1/t16-,18-,19+,23-,25-/m1/s1. The van der Waals surface area contributed by atoms with Gasteiger partial charge in [0.15, 0.2) is 11.5 Å². The minimum Gasteiger partial charge on any atom is -0.493 e. The second kappa shape index (κ2) is 8.62. The normalized spacial score (nSPS) is 32.7. The number of carbonyl (C=O) groups is 1. The van der Waals surface area contributed by atoms with Gasteiger partial charge in [-0.15, -0.1) is 0 Å². The molecule has 2 aliphatic carbocycles. The predicted octanol–water partition coefficient (Wildman–Crippen LogP) is 3.12. The largest absolute Gasteiger partial charge is 0.493 e. The average molecular weight is 415 g/mol. The van der Waals surface area contributed by atoms with Gasteiger partial charge in [0.2, 0.25) is 0 Å². The Bertz CT molecular complexity index is 819. The molecule has 1 aromatic carbocycles. The number of fused-ring (bicyclic) bond motifs is 2. The second-order valence-corrected chi connectivity index (χ2v) is 9.59. The number of hydrogen-bond acceptors (Lipinski definition) is 4. The molecule has 30 heavy (non-hydrogen) atoms. The van der Waals surface area contributed by atoms with Gasteiger partial charge in [-0.1, -0.05) is 38.0 Å². The molecule has 4 rings (SSSR count). The highest BCUT2D eigenvalue weighted by Gasteiger charge is 2.52. The van der Waals surface area contributed by atoms with Crippen molar-refractivity contribution in [1.82, 2.24) is 0 Å². The van der Waals surface area contributed by atoms with Crippen LogP contribution >= 0.6 is 0 Å². The summed E-state index contributed by atoms with van der Waals surface area (Å²) in [5.74, 6) is 2.37. The van der Waals surface area contributed by atoms with Crippen LogP contribution in [0.3, 0.4) is 0 Å². The number of rotatable bonds is 7. The van der Waals surface area contributed by atoms with E-state index in [9.17, 15) is 4.79 Å². The SMILES string of the molecule is COc1ccc(CC[NH2+]C[C@@H]2C(=O)O[C@@H]3C[C@@]4(C)CCC[C@@H](C)C4=C[C@H]23)cc1OC. The highest BCUT2D eigenvalue weighted by molar-refractivity contribution is 5.76. The zero-order chi connectivity index (χ0) is 21.3. The lowest BCUT2D eigenvalue weighted by atomic mass is 9.59. The van der Waals surface area contributed by atoms with E-state index in [-0.39, 0.29) is 29.3 Å². The first-order valence-electron chi connectivity index (χ1n) is 11.4. The summed E-state index contributed by atoms with van der Waals surface area (Å²) in [4.78, 5) is 12.6. The lowest BCUT2D eigenvalue weighted by molar-refractivity contribution is -0.658. The fraction of sp³-hybridized carbons (Fsp3) is 0.640. The highest BCUT2D eigenvalue weighted by Crippen LogP contribution is 2.53. The van der Waals surface area contributed by atoms with Crippen molar-refractivity contribution in [2.45, 2.75) is 52.1 Å². The van der Waals surface area contributed by atoms with Crippen molar-refractivity contribution in [3.63, 3.8) is 0 Å². The molecular weight excluding hydrogens is 378 g/mol. The minimum atomic E-state index is -0.0217. The van der Waals surface area contributed by atoms with Gasteiger partial charge in [-0.3, -0.25) is 4.79 Å². The number of quaternary nitrogens is 1. The van der Waals surface area contributed by atoms with Crippen LogP contribution in [-0.2, 0) is 16.0 Å². The molecule has 0 amide bonds. The molecule has 0 spiro atoms. The zero-order valence-corrected chi connectivity index (χ0v) is 18.8. The highest BCUT2D eigenvalue weighted by atomic mass is 16.6. The van der Waals surface area contributed by atoms with Crippen LogP contribution in [0.25, 0.3) is 0 Å². The summed E-state index contributed by atoms with van der Waals surface area (Å²) in [5, 5.41) is 2.27. The number of nitrogens with two attached hydrogens (primary N) is 1. The first-order chi connectivity index (χ1) is 14.4. The van der Waals surface area contributed by atoms with Crippen LogP contribution in [0.1, 0.15) is 45.1 Å². The van der Waals surface area contributed by atoms with Gasteiger partial charge in [0.1, 0.15) is 12.0 Å². The van der Waals surface area contributed by atoms with E-state index in [0.29, 0.717) is 5.92 Å². The number of ether oxygens (including phenoxy) is 3. The monoisotopic (exact) mass is 414 g/mol. The number of hydrogen-bond donors (Lipinski definition) is 1. The Labute approximate surface area is 180 Å². The molecular formula is C25H36NO4+. The van der Waals surface area contributed by atoms with Gasteiger partial charge in [0.05, 0.1) is 27.3 Å². The molecule has 2 N–H and O–H groups in total.